The number of ether oxygens (including phenoxy) is 3. The first-order valence-electron chi connectivity index (χ1n) is 14.2. The highest BCUT2D eigenvalue weighted by atomic mass is 16.7. The molecule has 0 radical (unpaired) electrons. The second kappa shape index (κ2) is 10.2. The van der Waals surface area contributed by atoms with Gasteiger partial charge < -0.3 is 19.1 Å². The van der Waals surface area contributed by atoms with Gasteiger partial charge in [-0.1, -0.05) is 0 Å². The molecule has 0 bridgehead atoms. The fourth-order valence-corrected chi connectivity index (χ4v) is 5.65. The average molecular weight is 559 g/mol. The van der Waals surface area contributed by atoms with Crippen LogP contribution in [0.5, 0.6) is 5.75 Å². The first-order valence-corrected chi connectivity index (χ1v) is 14.2. The highest BCUT2D eigenvalue weighted by Crippen LogP contribution is 2.44. The standard InChI is InChI=1S/C31H38N6O4/c1-30(2,3)41-29(38)37(31(4)12-13-31)21-11-14-36(18-21)28-10-9-24-25(33-28)8-7-23(32-24)22-15-20-17-35(5)34-26(20)16-27(22)40-19-39-6/h7-10,15-17,21H,11-14,18-19H2,1-6H3. The van der Waals surface area contributed by atoms with Crippen LogP contribution in [-0.2, 0) is 16.5 Å². The van der Waals surface area contributed by atoms with Crippen LogP contribution < -0.4 is 9.64 Å². The van der Waals surface area contributed by atoms with Gasteiger partial charge in [-0.2, -0.15) is 5.10 Å². The number of carbonyl (C=O) groups excluding carboxylic acids is 1. The molecular formula is C31H38N6O4. The summed E-state index contributed by atoms with van der Waals surface area (Å²) in [6, 6.07) is 12.1. The number of aryl methyl sites for hydroxylation is 1. The molecule has 4 aromatic rings. The lowest BCUT2D eigenvalue weighted by molar-refractivity contribution is 0.00539. The Balaban J connectivity index is 1.25. The summed E-state index contributed by atoms with van der Waals surface area (Å²) in [7, 11) is 3.50. The van der Waals surface area contributed by atoms with Crippen LogP contribution in [0.2, 0.25) is 0 Å². The van der Waals surface area contributed by atoms with Crippen molar-refractivity contribution in [2.45, 2.75) is 64.1 Å². The van der Waals surface area contributed by atoms with Gasteiger partial charge >= 0.3 is 6.09 Å². The van der Waals surface area contributed by atoms with Crippen LogP contribution >= 0.6 is 0 Å². The van der Waals surface area contributed by atoms with E-state index in [1.807, 2.05) is 75.3 Å². The smallest absolute Gasteiger partial charge is 0.411 e. The molecular weight excluding hydrogens is 520 g/mol. The molecule has 1 saturated carbocycles. The van der Waals surface area contributed by atoms with Gasteiger partial charge in [-0.25, -0.2) is 14.8 Å². The number of methoxy groups -OCH3 is 1. The van der Waals surface area contributed by atoms with Crippen LogP contribution in [0.25, 0.3) is 33.2 Å². The van der Waals surface area contributed by atoms with Crippen molar-refractivity contribution in [2.75, 3.05) is 31.9 Å². The lowest BCUT2D eigenvalue weighted by atomic mass is 10.1. The largest absolute Gasteiger partial charge is 0.467 e. The van der Waals surface area contributed by atoms with E-state index < -0.39 is 5.60 Å². The number of benzene rings is 1. The summed E-state index contributed by atoms with van der Waals surface area (Å²) < 4.78 is 18.6. The maximum atomic E-state index is 13.2. The summed E-state index contributed by atoms with van der Waals surface area (Å²) in [5.74, 6) is 1.55. The number of hydrogen-bond acceptors (Lipinski definition) is 8. The van der Waals surface area contributed by atoms with Crippen LogP contribution in [0.3, 0.4) is 0 Å². The Hall–Kier alpha value is -3.92. The molecule has 3 aromatic heterocycles. The third kappa shape index (κ3) is 5.53. The van der Waals surface area contributed by atoms with Crippen LogP contribution in [0, 0.1) is 0 Å². The van der Waals surface area contributed by atoms with Gasteiger partial charge in [0.1, 0.15) is 17.2 Å². The van der Waals surface area contributed by atoms with Gasteiger partial charge in [0.05, 0.1) is 28.3 Å². The van der Waals surface area contributed by atoms with Gasteiger partial charge in [0.2, 0.25) is 0 Å². The highest BCUT2D eigenvalue weighted by Gasteiger charge is 2.51. The molecule has 1 aliphatic heterocycles. The van der Waals surface area contributed by atoms with Gasteiger partial charge in [-0.3, -0.25) is 9.58 Å². The average Bonchev–Trinajstić information content (AvgIpc) is 3.29. The second-order valence-electron chi connectivity index (χ2n) is 12.4. The van der Waals surface area contributed by atoms with E-state index in [1.165, 1.54) is 0 Å². The SMILES string of the molecule is COCOc1cc2nn(C)cc2cc1-c1ccc2nc(N3CCC(N(C(=O)OC(C)(C)C)C4(C)CC4)C3)ccc2n1. The number of hydrogen-bond donors (Lipinski definition) is 0. The molecule has 2 fully saturated rings. The third-order valence-corrected chi connectivity index (χ3v) is 7.85. The summed E-state index contributed by atoms with van der Waals surface area (Å²) in [6.45, 7) is 9.60. The van der Waals surface area contributed by atoms with Crippen molar-refractivity contribution in [1.82, 2.24) is 24.6 Å². The van der Waals surface area contributed by atoms with E-state index in [-0.39, 0.29) is 24.5 Å². The monoisotopic (exact) mass is 558 g/mol. The molecule has 4 heterocycles. The van der Waals surface area contributed by atoms with Gasteiger partial charge in [-0.05, 0) is 77.3 Å². The lowest BCUT2D eigenvalue weighted by Crippen LogP contribution is -2.50. The molecule has 216 valence electrons. The number of fused-ring (bicyclic) bond motifs is 2. The molecule has 10 nitrogen and oxygen atoms in total. The van der Waals surface area contributed by atoms with E-state index in [1.54, 1.807) is 11.8 Å². The van der Waals surface area contributed by atoms with Gasteiger partial charge in [0.25, 0.3) is 0 Å². The van der Waals surface area contributed by atoms with E-state index >= 15 is 0 Å². The highest BCUT2D eigenvalue weighted by molar-refractivity contribution is 5.89. The first kappa shape index (κ1) is 27.3. The number of nitrogens with zero attached hydrogens (tertiary/aromatic N) is 6. The molecule has 0 N–H and O–H groups in total. The van der Waals surface area contributed by atoms with Crippen molar-refractivity contribution < 1.29 is 19.0 Å². The number of carbonyl (C=O) groups is 1. The van der Waals surface area contributed by atoms with E-state index in [4.69, 9.17) is 24.2 Å². The minimum Gasteiger partial charge on any atom is -0.467 e. The molecule has 41 heavy (non-hydrogen) atoms. The van der Waals surface area contributed by atoms with Crippen molar-refractivity contribution in [1.29, 1.82) is 0 Å². The Labute approximate surface area is 240 Å². The van der Waals surface area contributed by atoms with Crippen molar-refractivity contribution in [3.63, 3.8) is 0 Å². The quantitative estimate of drug-likeness (QED) is 0.273. The Morgan fingerprint density at radius 3 is 2.59 bits per heavy atom. The molecule has 1 unspecified atom stereocenters. The summed E-state index contributed by atoms with van der Waals surface area (Å²) in [6.07, 6.45) is 4.66. The minimum atomic E-state index is -0.523. The summed E-state index contributed by atoms with van der Waals surface area (Å²) in [4.78, 5) is 27.3. The van der Waals surface area contributed by atoms with Crippen molar-refractivity contribution in [3.05, 3.63) is 42.6 Å². The molecule has 1 atom stereocenters. The molecule has 1 amide bonds. The van der Waals surface area contributed by atoms with Crippen molar-refractivity contribution in [3.8, 4) is 17.0 Å². The minimum absolute atomic E-state index is 0.0864. The predicted molar refractivity (Wildman–Crippen MR) is 158 cm³/mol. The van der Waals surface area contributed by atoms with E-state index in [0.29, 0.717) is 5.75 Å². The van der Waals surface area contributed by atoms with Crippen LogP contribution in [0.15, 0.2) is 42.6 Å². The lowest BCUT2D eigenvalue weighted by Gasteiger charge is -2.36. The fourth-order valence-electron chi connectivity index (χ4n) is 5.65. The summed E-state index contributed by atoms with van der Waals surface area (Å²) >= 11 is 0. The first-order chi connectivity index (χ1) is 19.5. The number of anilines is 1. The van der Waals surface area contributed by atoms with E-state index in [0.717, 1.165) is 71.4 Å². The molecule has 10 heteroatoms. The molecule has 1 aliphatic carbocycles. The predicted octanol–water partition coefficient (Wildman–Crippen LogP) is 5.53. The molecule has 1 aromatic carbocycles. The maximum Gasteiger partial charge on any atom is 0.411 e. The third-order valence-electron chi connectivity index (χ3n) is 7.85. The van der Waals surface area contributed by atoms with Gasteiger partial charge in [0, 0.05) is 56.0 Å². The number of aromatic nitrogens is 4. The van der Waals surface area contributed by atoms with Crippen molar-refractivity contribution in [2.24, 2.45) is 7.05 Å². The normalized spacial score (nSPS) is 18.2. The fraction of sp³-hybridized carbons (Fsp3) is 0.484. The number of pyridine rings is 2. The number of rotatable bonds is 7. The Morgan fingerprint density at radius 2 is 1.85 bits per heavy atom. The second-order valence-corrected chi connectivity index (χ2v) is 12.4. The Morgan fingerprint density at radius 1 is 1.10 bits per heavy atom. The molecule has 1 saturated heterocycles. The number of amides is 1. The Bertz CT molecular complexity index is 1610. The van der Waals surface area contributed by atoms with Gasteiger partial charge in [0.15, 0.2) is 6.79 Å². The summed E-state index contributed by atoms with van der Waals surface area (Å²) in [5, 5.41) is 5.51. The van der Waals surface area contributed by atoms with Gasteiger partial charge in [-0.15, -0.1) is 0 Å². The van der Waals surface area contributed by atoms with Crippen LogP contribution in [-0.4, -0.2) is 74.9 Å². The zero-order chi connectivity index (χ0) is 28.9. The topological polar surface area (TPSA) is 94.8 Å². The van der Waals surface area contributed by atoms with E-state index in [2.05, 4.69) is 16.9 Å². The van der Waals surface area contributed by atoms with Crippen LogP contribution in [0.4, 0.5) is 10.6 Å². The van der Waals surface area contributed by atoms with Crippen LogP contribution in [0.1, 0.15) is 47.0 Å². The summed E-state index contributed by atoms with van der Waals surface area (Å²) in [5.41, 5.74) is 3.47. The Kier molecular flexibility index (Phi) is 6.76. The van der Waals surface area contributed by atoms with Crippen molar-refractivity contribution >= 4 is 33.8 Å². The maximum absolute atomic E-state index is 13.2. The zero-order valence-electron chi connectivity index (χ0n) is 24.7. The molecule has 0 spiro atoms. The zero-order valence-corrected chi connectivity index (χ0v) is 24.7. The molecule has 6 rings (SSSR count). The molecule has 2 aliphatic rings. The van der Waals surface area contributed by atoms with E-state index in [9.17, 15) is 4.79 Å².